The summed E-state index contributed by atoms with van der Waals surface area (Å²) in [5, 5.41) is 1.51. The van der Waals surface area contributed by atoms with Crippen LogP contribution in [-0.2, 0) is 14.3 Å². The average molecular weight is 290 g/mol. The summed E-state index contributed by atoms with van der Waals surface area (Å²) in [6.07, 6.45) is 0. The maximum absolute atomic E-state index is 12.0. The summed E-state index contributed by atoms with van der Waals surface area (Å²) in [6, 6.07) is 12.3. The Hall–Kier alpha value is -0.550. The van der Waals surface area contributed by atoms with E-state index in [-0.39, 0.29) is 51.2 Å². The standard InChI is InChI=1S/C13H12O3S.Ca.2H/c1-10(2)16-17(14,15)13-9-5-7-11-6-3-4-8-12(11)13;;;/h3-9H,1H2,2H3;;;/q;+2;2*-1. The maximum Gasteiger partial charge on any atom is 2.00 e. The van der Waals surface area contributed by atoms with Crippen molar-refractivity contribution in [3.8, 4) is 0 Å². The zero-order valence-corrected chi connectivity index (χ0v) is 13.1. The van der Waals surface area contributed by atoms with Crippen LogP contribution in [-0.4, -0.2) is 46.2 Å². The van der Waals surface area contributed by atoms with Crippen molar-refractivity contribution >= 4 is 58.6 Å². The van der Waals surface area contributed by atoms with Crippen molar-refractivity contribution in [2.24, 2.45) is 0 Å². The molecule has 2 aromatic rings. The van der Waals surface area contributed by atoms with E-state index in [0.717, 1.165) is 5.39 Å². The predicted octanol–water partition coefficient (Wildman–Crippen LogP) is 2.92. The second-order valence-corrected chi connectivity index (χ2v) is 5.23. The molecule has 0 amide bonds. The first-order valence-corrected chi connectivity index (χ1v) is 6.49. The summed E-state index contributed by atoms with van der Waals surface area (Å²) in [4.78, 5) is 0.165. The van der Waals surface area contributed by atoms with E-state index in [4.69, 9.17) is 4.18 Å². The maximum atomic E-state index is 12.0. The molecule has 0 unspecified atom stereocenters. The van der Waals surface area contributed by atoms with Gasteiger partial charge in [-0.25, -0.2) is 0 Å². The molecule has 0 heterocycles. The first kappa shape index (κ1) is 15.5. The van der Waals surface area contributed by atoms with Gasteiger partial charge in [0.2, 0.25) is 0 Å². The summed E-state index contributed by atoms with van der Waals surface area (Å²) < 4.78 is 28.8. The van der Waals surface area contributed by atoms with Crippen molar-refractivity contribution in [2.75, 3.05) is 0 Å². The molecule has 92 valence electrons. The van der Waals surface area contributed by atoms with E-state index in [2.05, 4.69) is 6.58 Å². The number of rotatable bonds is 3. The predicted molar refractivity (Wildman–Crippen MR) is 75.0 cm³/mol. The molecule has 0 spiro atoms. The van der Waals surface area contributed by atoms with Gasteiger partial charge in [-0.3, -0.25) is 0 Å². The third-order valence-electron chi connectivity index (χ3n) is 2.27. The largest absolute Gasteiger partial charge is 2.00 e. The van der Waals surface area contributed by atoms with Crippen LogP contribution in [0.15, 0.2) is 59.7 Å². The molecule has 0 aliphatic heterocycles. The Bertz CT molecular complexity index is 682. The zero-order valence-electron chi connectivity index (χ0n) is 12.1. The van der Waals surface area contributed by atoms with Gasteiger partial charge in [-0.05, 0) is 18.4 Å². The smallest absolute Gasteiger partial charge is 1.00 e. The Morgan fingerprint density at radius 1 is 1.17 bits per heavy atom. The van der Waals surface area contributed by atoms with Gasteiger partial charge in [0.05, 0.1) is 0 Å². The average Bonchev–Trinajstić information content (AvgIpc) is 2.26. The topological polar surface area (TPSA) is 43.4 Å². The Labute approximate surface area is 140 Å². The fourth-order valence-electron chi connectivity index (χ4n) is 1.65. The molecule has 3 nitrogen and oxygen atoms in total. The van der Waals surface area contributed by atoms with Gasteiger partial charge >= 0.3 is 47.9 Å². The van der Waals surface area contributed by atoms with Gasteiger partial charge in [-0.15, -0.1) is 0 Å². The molecule has 0 radical (unpaired) electrons. The summed E-state index contributed by atoms with van der Waals surface area (Å²) >= 11 is 0. The molecule has 2 aromatic carbocycles. The molecular formula is C13H14CaO3S. The molecule has 5 heteroatoms. The van der Waals surface area contributed by atoms with Crippen molar-refractivity contribution in [1.29, 1.82) is 0 Å². The van der Waals surface area contributed by atoms with E-state index < -0.39 is 10.1 Å². The SMILES string of the molecule is C=C(C)OS(=O)(=O)c1cccc2ccccc12.[Ca+2].[H-].[H-]. The number of benzene rings is 2. The number of hydrogen-bond acceptors (Lipinski definition) is 3. The Morgan fingerprint density at radius 2 is 1.78 bits per heavy atom. The molecule has 0 aromatic heterocycles. The molecule has 2 rings (SSSR count). The number of allylic oxidation sites excluding steroid dienone is 1. The van der Waals surface area contributed by atoms with Gasteiger partial charge in [-0.2, -0.15) is 8.42 Å². The van der Waals surface area contributed by atoms with Crippen LogP contribution in [0.4, 0.5) is 0 Å². The molecule has 0 N–H and O–H groups in total. The van der Waals surface area contributed by atoms with Crippen LogP contribution in [0.3, 0.4) is 0 Å². The van der Waals surface area contributed by atoms with Crippen LogP contribution in [0, 0.1) is 0 Å². The van der Waals surface area contributed by atoms with Crippen molar-refractivity contribution in [3.63, 3.8) is 0 Å². The van der Waals surface area contributed by atoms with E-state index in [0.29, 0.717) is 5.39 Å². The Balaban J connectivity index is 0. The number of hydrogen-bond donors (Lipinski definition) is 0. The van der Waals surface area contributed by atoms with Crippen molar-refractivity contribution in [3.05, 3.63) is 54.8 Å². The van der Waals surface area contributed by atoms with Gasteiger partial charge in [0.1, 0.15) is 10.7 Å². The van der Waals surface area contributed by atoms with Gasteiger partial charge < -0.3 is 7.04 Å². The van der Waals surface area contributed by atoms with Crippen molar-refractivity contribution in [1.82, 2.24) is 0 Å². The minimum atomic E-state index is -3.79. The zero-order chi connectivity index (χ0) is 12.5. The number of fused-ring (bicyclic) bond motifs is 1. The van der Waals surface area contributed by atoms with E-state index in [1.807, 2.05) is 18.2 Å². The minimum absolute atomic E-state index is 0. The summed E-state index contributed by atoms with van der Waals surface area (Å²) in [6.45, 7) is 4.95. The summed E-state index contributed by atoms with van der Waals surface area (Å²) in [5.41, 5.74) is 0. The van der Waals surface area contributed by atoms with Gasteiger partial charge in [0.15, 0.2) is 0 Å². The molecule has 0 saturated carbocycles. The molecule has 0 fully saturated rings. The van der Waals surface area contributed by atoms with E-state index in [1.54, 1.807) is 18.2 Å². The van der Waals surface area contributed by atoms with Crippen LogP contribution in [0.1, 0.15) is 9.78 Å². The third-order valence-corrected chi connectivity index (χ3v) is 3.67. The van der Waals surface area contributed by atoms with Crippen molar-refractivity contribution < 1.29 is 15.5 Å². The monoisotopic (exact) mass is 290 g/mol. The molecule has 0 saturated heterocycles. The molecule has 0 aliphatic rings. The van der Waals surface area contributed by atoms with Crippen LogP contribution < -0.4 is 0 Å². The second-order valence-electron chi connectivity index (χ2n) is 3.72. The summed E-state index contributed by atoms with van der Waals surface area (Å²) in [5.74, 6) is 0.151. The van der Waals surface area contributed by atoms with Gasteiger partial charge in [0, 0.05) is 5.39 Å². The third kappa shape index (κ3) is 3.26. The van der Waals surface area contributed by atoms with Gasteiger partial charge in [0.25, 0.3) is 0 Å². The summed E-state index contributed by atoms with van der Waals surface area (Å²) in [7, 11) is -3.79. The molecule has 0 aliphatic carbocycles. The molecular weight excluding hydrogens is 276 g/mol. The first-order chi connectivity index (χ1) is 8.00. The van der Waals surface area contributed by atoms with Crippen LogP contribution in [0.5, 0.6) is 0 Å². The van der Waals surface area contributed by atoms with Crippen LogP contribution in [0.2, 0.25) is 0 Å². The first-order valence-electron chi connectivity index (χ1n) is 5.08. The van der Waals surface area contributed by atoms with E-state index in [1.165, 1.54) is 13.0 Å². The molecule has 0 bridgehead atoms. The normalized spacial score (nSPS) is 10.7. The van der Waals surface area contributed by atoms with Gasteiger partial charge in [-0.1, -0.05) is 43.0 Å². The minimum Gasteiger partial charge on any atom is -1.00 e. The fourth-order valence-corrected chi connectivity index (χ4v) is 2.81. The van der Waals surface area contributed by atoms with E-state index >= 15 is 0 Å². The second kappa shape index (κ2) is 6.06. The van der Waals surface area contributed by atoms with Crippen LogP contribution in [0.25, 0.3) is 10.8 Å². The van der Waals surface area contributed by atoms with E-state index in [9.17, 15) is 8.42 Å². The molecule has 0 atom stereocenters. The van der Waals surface area contributed by atoms with Crippen molar-refractivity contribution in [2.45, 2.75) is 11.8 Å². The van der Waals surface area contributed by atoms with Crippen LogP contribution >= 0.6 is 0 Å². The molecule has 18 heavy (non-hydrogen) atoms. The fraction of sp³-hybridized carbons (Fsp3) is 0.0769. The quantitative estimate of drug-likeness (QED) is 0.496. The Morgan fingerprint density at radius 3 is 2.44 bits per heavy atom. The Kier molecular flexibility index (Phi) is 5.22.